The van der Waals surface area contributed by atoms with E-state index in [4.69, 9.17) is 20.6 Å². The molecule has 0 fully saturated rings. The fourth-order valence-electron chi connectivity index (χ4n) is 1.88. The Bertz CT molecular complexity index is 619. The molecule has 1 heterocycles. The molecule has 0 bridgehead atoms. The summed E-state index contributed by atoms with van der Waals surface area (Å²) in [6.45, 7) is 1.85. The summed E-state index contributed by atoms with van der Waals surface area (Å²) in [5.41, 5.74) is 7.67. The third kappa shape index (κ3) is 2.24. The molecule has 0 amide bonds. The highest BCUT2D eigenvalue weighted by Gasteiger charge is 2.14. The van der Waals surface area contributed by atoms with E-state index in [9.17, 15) is 0 Å². The molecule has 100 valence electrons. The lowest BCUT2D eigenvalue weighted by molar-refractivity contribution is 0.392. The Morgan fingerprint density at radius 1 is 1.32 bits per heavy atom. The number of amidine groups is 1. The maximum Gasteiger partial charge on any atom is 0.148 e. The van der Waals surface area contributed by atoms with Gasteiger partial charge in [-0.05, 0) is 19.1 Å². The molecule has 19 heavy (non-hydrogen) atoms. The van der Waals surface area contributed by atoms with Gasteiger partial charge in [0.25, 0.3) is 0 Å². The van der Waals surface area contributed by atoms with Crippen molar-refractivity contribution in [1.82, 2.24) is 9.78 Å². The summed E-state index contributed by atoms with van der Waals surface area (Å²) >= 11 is 0. The van der Waals surface area contributed by atoms with Gasteiger partial charge in [-0.3, -0.25) is 5.41 Å². The number of nitrogens with one attached hydrogen (secondary N) is 1. The summed E-state index contributed by atoms with van der Waals surface area (Å²) in [6, 6.07) is 5.46. The maximum atomic E-state index is 7.49. The predicted molar refractivity (Wildman–Crippen MR) is 72.4 cm³/mol. The lowest BCUT2D eigenvalue weighted by Crippen LogP contribution is -2.12. The highest BCUT2D eigenvalue weighted by atomic mass is 16.5. The van der Waals surface area contributed by atoms with Gasteiger partial charge in [-0.2, -0.15) is 5.10 Å². The molecular formula is C13H16N4O2. The molecule has 3 N–H and O–H groups in total. The van der Waals surface area contributed by atoms with E-state index in [1.54, 1.807) is 31.2 Å². The average molecular weight is 260 g/mol. The second-order valence-corrected chi connectivity index (χ2v) is 4.01. The van der Waals surface area contributed by atoms with Gasteiger partial charge in [-0.25, -0.2) is 4.68 Å². The molecule has 2 aromatic rings. The maximum absolute atomic E-state index is 7.49. The molecule has 0 aliphatic carbocycles. The van der Waals surface area contributed by atoms with Crippen LogP contribution in [0.2, 0.25) is 0 Å². The number of nitrogen functional groups attached to an aromatic ring is 1. The van der Waals surface area contributed by atoms with Gasteiger partial charge in [0, 0.05) is 6.07 Å². The Balaban J connectivity index is 2.55. The summed E-state index contributed by atoms with van der Waals surface area (Å²) in [7, 11) is 3.18. The molecule has 6 nitrogen and oxygen atoms in total. The first kappa shape index (κ1) is 12.9. The fourth-order valence-corrected chi connectivity index (χ4v) is 1.88. The zero-order valence-corrected chi connectivity index (χ0v) is 11.1. The Morgan fingerprint density at radius 3 is 2.58 bits per heavy atom. The van der Waals surface area contributed by atoms with Crippen molar-refractivity contribution in [1.29, 1.82) is 5.41 Å². The van der Waals surface area contributed by atoms with Crippen LogP contribution in [0.15, 0.2) is 24.4 Å². The van der Waals surface area contributed by atoms with Crippen LogP contribution in [-0.4, -0.2) is 29.8 Å². The van der Waals surface area contributed by atoms with Crippen molar-refractivity contribution in [2.24, 2.45) is 5.73 Å². The lowest BCUT2D eigenvalue weighted by atomic mass is 10.2. The topological polar surface area (TPSA) is 86.2 Å². The van der Waals surface area contributed by atoms with Crippen molar-refractivity contribution in [3.8, 4) is 17.2 Å². The summed E-state index contributed by atoms with van der Waals surface area (Å²) < 4.78 is 12.2. The first-order chi connectivity index (χ1) is 9.08. The molecule has 0 aliphatic heterocycles. The smallest absolute Gasteiger partial charge is 0.148 e. The first-order valence-corrected chi connectivity index (χ1v) is 5.70. The van der Waals surface area contributed by atoms with E-state index in [1.165, 1.54) is 0 Å². The number of rotatable bonds is 4. The van der Waals surface area contributed by atoms with Crippen molar-refractivity contribution in [2.45, 2.75) is 6.92 Å². The monoisotopic (exact) mass is 260 g/mol. The molecular weight excluding hydrogens is 244 g/mol. The largest absolute Gasteiger partial charge is 0.497 e. The van der Waals surface area contributed by atoms with Gasteiger partial charge in [0.15, 0.2) is 0 Å². The van der Waals surface area contributed by atoms with Crippen LogP contribution in [0, 0.1) is 12.3 Å². The summed E-state index contributed by atoms with van der Waals surface area (Å²) in [5.74, 6) is 1.34. The van der Waals surface area contributed by atoms with Gasteiger partial charge in [0.05, 0.1) is 31.7 Å². The van der Waals surface area contributed by atoms with E-state index >= 15 is 0 Å². The number of hydrogen-bond acceptors (Lipinski definition) is 4. The Kier molecular flexibility index (Phi) is 3.41. The number of nitrogens with zero attached hydrogens (tertiary/aromatic N) is 2. The van der Waals surface area contributed by atoms with Gasteiger partial charge in [0.2, 0.25) is 0 Å². The summed E-state index contributed by atoms with van der Waals surface area (Å²) in [4.78, 5) is 0. The van der Waals surface area contributed by atoms with Gasteiger partial charge in [0.1, 0.15) is 23.0 Å². The summed E-state index contributed by atoms with van der Waals surface area (Å²) in [6.07, 6.45) is 1.57. The highest BCUT2D eigenvalue weighted by molar-refractivity contribution is 5.95. The van der Waals surface area contributed by atoms with Gasteiger partial charge >= 0.3 is 0 Å². The third-order valence-electron chi connectivity index (χ3n) is 2.92. The van der Waals surface area contributed by atoms with Crippen LogP contribution in [0.4, 0.5) is 0 Å². The van der Waals surface area contributed by atoms with Crippen molar-refractivity contribution >= 4 is 5.84 Å². The first-order valence-electron chi connectivity index (χ1n) is 5.70. The van der Waals surface area contributed by atoms with Crippen LogP contribution in [0.25, 0.3) is 5.69 Å². The van der Waals surface area contributed by atoms with Crippen LogP contribution in [0.3, 0.4) is 0 Å². The number of hydrogen-bond donors (Lipinski definition) is 2. The van der Waals surface area contributed by atoms with Crippen LogP contribution < -0.4 is 15.2 Å². The van der Waals surface area contributed by atoms with Crippen LogP contribution >= 0.6 is 0 Å². The fraction of sp³-hybridized carbons (Fsp3) is 0.231. The number of ether oxygens (including phenoxy) is 2. The van der Waals surface area contributed by atoms with Crippen molar-refractivity contribution in [3.63, 3.8) is 0 Å². The number of benzene rings is 1. The van der Waals surface area contributed by atoms with Crippen molar-refractivity contribution in [2.75, 3.05) is 14.2 Å². The van der Waals surface area contributed by atoms with E-state index in [0.29, 0.717) is 17.1 Å². The molecule has 1 aromatic heterocycles. The van der Waals surface area contributed by atoms with Gasteiger partial charge in [-0.15, -0.1) is 0 Å². The molecule has 6 heteroatoms. The molecule has 0 saturated carbocycles. The zero-order valence-electron chi connectivity index (χ0n) is 11.1. The highest BCUT2D eigenvalue weighted by Crippen LogP contribution is 2.28. The van der Waals surface area contributed by atoms with E-state index < -0.39 is 0 Å². The molecule has 2 rings (SSSR count). The zero-order chi connectivity index (χ0) is 14.0. The standard InChI is InChI=1S/C13H16N4O2/c1-8-10(13(14)15)7-16-17(8)11-5-4-9(18-2)6-12(11)19-3/h4-7H,1-3H3,(H3,14,15). The number of aromatic nitrogens is 2. The third-order valence-corrected chi connectivity index (χ3v) is 2.92. The molecule has 0 radical (unpaired) electrons. The number of nitrogens with two attached hydrogens (primary N) is 1. The second-order valence-electron chi connectivity index (χ2n) is 4.01. The molecule has 0 aliphatic rings. The predicted octanol–water partition coefficient (Wildman–Crippen LogP) is 1.48. The Hall–Kier alpha value is -2.50. The van der Waals surface area contributed by atoms with Crippen LogP contribution in [-0.2, 0) is 0 Å². The average Bonchev–Trinajstić information content (AvgIpc) is 2.79. The minimum atomic E-state index is -0.00349. The van der Waals surface area contributed by atoms with E-state index in [2.05, 4.69) is 5.10 Å². The second kappa shape index (κ2) is 5.01. The Labute approximate surface area is 111 Å². The molecule has 1 aromatic carbocycles. The molecule has 0 unspecified atom stereocenters. The Morgan fingerprint density at radius 2 is 2.05 bits per heavy atom. The van der Waals surface area contributed by atoms with Crippen LogP contribution in [0.5, 0.6) is 11.5 Å². The quantitative estimate of drug-likeness (QED) is 0.644. The SMILES string of the molecule is COc1ccc(-n2ncc(C(=N)N)c2C)c(OC)c1. The normalized spacial score (nSPS) is 10.3. The minimum Gasteiger partial charge on any atom is -0.497 e. The molecule has 0 spiro atoms. The number of methoxy groups -OCH3 is 2. The van der Waals surface area contributed by atoms with E-state index in [-0.39, 0.29) is 5.84 Å². The van der Waals surface area contributed by atoms with E-state index in [0.717, 1.165) is 11.4 Å². The van der Waals surface area contributed by atoms with Gasteiger partial charge < -0.3 is 15.2 Å². The summed E-state index contributed by atoms with van der Waals surface area (Å²) in [5, 5.41) is 11.7. The minimum absolute atomic E-state index is 0.00349. The van der Waals surface area contributed by atoms with Gasteiger partial charge in [-0.1, -0.05) is 0 Å². The molecule has 0 saturated heterocycles. The van der Waals surface area contributed by atoms with E-state index in [1.807, 2.05) is 19.1 Å². The molecule has 0 atom stereocenters. The van der Waals surface area contributed by atoms with Crippen molar-refractivity contribution in [3.05, 3.63) is 35.7 Å². The van der Waals surface area contributed by atoms with Crippen molar-refractivity contribution < 1.29 is 9.47 Å². The van der Waals surface area contributed by atoms with Crippen LogP contribution in [0.1, 0.15) is 11.3 Å². The lowest BCUT2D eigenvalue weighted by Gasteiger charge is -2.12.